The molecule has 2 bridgehead atoms. The first-order chi connectivity index (χ1) is 21.9. The Labute approximate surface area is 280 Å². The van der Waals surface area contributed by atoms with Crippen molar-refractivity contribution in [2.24, 2.45) is 0 Å². The fraction of sp³-hybridized carbons (Fsp3) is 0.484. The number of carbonyl (C=O) groups is 1. The average molecular weight is 697 g/mol. The zero-order valence-electron chi connectivity index (χ0n) is 25.1. The van der Waals surface area contributed by atoms with Gasteiger partial charge in [-0.25, -0.2) is 4.79 Å². The van der Waals surface area contributed by atoms with Crippen LogP contribution in [0.1, 0.15) is 51.6 Å². The summed E-state index contributed by atoms with van der Waals surface area (Å²) in [5.41, 5.74) is 2.72. The number of phenolic OH excluding ortho intramolecular Hbond substituents is 1. The van der Waals surface area contributed by atoms with Crippen molar-refractivity contribution in [2.75, 3.05) is 33.7 Å². The SMILES string of the molecule is C=CCOc1c(OC)c(C)cc2c1[C@@H]1[C@@H]3[C@@H](O)c4c(O)c(C)c5c(c4[C@H](CO)N3[C@@H](C#N)[C@H](C2)N1C(=O)OCC(Cl)(Cl)Cl)OCO5. The van der Waals surface area contributed by atoms with E-state index in [0.29, 0.717) is 28.2 Å². The molecule has 0 spiro atoms. The summed E-state index contributed by atoms with van der Waals surface area (Å²) in [6, 6.07) is -0.882. The number of aryl methyl sites for hydroxylation is 1. The van der Waals surface area contributed by atoms with Crippen molar-refractivity contribution in [3.63, 3.8) is 0 Å². The van der Waals surface area contributed by atoms with E-state index in [9.17, 15) is 25.4 Å². The van der Waals surface area contributed by atoms with Crippen molar-refractivity contribution >= 4 is 40.9 Å². The van der Waals surface area contributed by atoms with Crippen molar-refractivity contribution in [1.82, 2.24) is 9.80 Å². The topological polar surface area (TPSA) is 154 Å². The molecule has 3 N–H and O–H groups in total. The Hall–Kier alpha value is -3.31. The lowest BCUT2D eigenvalue weighted by Gasteiger charge is -2.60. The highest BCUT2D eigenvalue weighted by Gasteiger charge is 2.62. The molecular weight excluding hydrogens is 665 g/mol. The van der Waals surface area contributed by atoms with E-state index in [1.165, 1.54) is 12.0 Å². The molecule has 2 aromatic rings. The van der Waals surface area contributed by atoms with Crippen LogP contribution in [0.5, 0.6) is 28.7 Å². The van der Waals surface area contributed by atoms with Gasteiger partial charge in [0.15, 0.2) is 23.0 Å². The van der Waals surface area contributed by atoms with Crippen LogP contribution in [0.25, 0.3) is 0 Å². The number of rotatable bonds is 6. The van der Waals surface area contributed by atoms with Crippen LogP contribution in [0.4, 0.5) is 4.79 Å². The summed E-state index contributed by atoms with van der Waals surface area (Å²) >= 11 is 17.8. The summed E-state index contributed by atoms with van der Waals surface area (Å²) in [4.78, 5) is 17.1. The Balaban J connectivity index is 1.65. The van der Waals surface area contributed by atoms with Crippen molar-refractivity contribution in [3.8, 4) is 34.8 Å². The van der Waals surface area contributed by atoms with E-state index in [4.69, 9.17) is 58.5 Å². The van der Waals surface area contributed by atoms with Gasteiger partial charge >= 0.3 is 6.09 Å². The zero-order valence-corrected chi connectivity index (χ0v) is 27.4. The number of hydrogen-bond donors (Lipinski definition) is 3. The third kappa shape index (κ3) is 4.87. The first kappa shape index (κ1) is 32.6. The van der Waals surface area contributed by atoms with E-state index in [1.807, 2.05) is 13.0 Å². The summed E-state index contributed by atoms with van der Waals surface area (Å²) in [6.45, 7) is 6.08. The molecule has 0 aliphatic carbocycles. The normalized spacial score (nSPS) is 25.9. The number of fused-ring (bicyclic) bond motifs is 9. The number of aliphatic hydroxyl groups is 2. The number of amides is 1. The number of phenols is 1. The number of aliphatic hydroxyl groups excluding tert-OH is 2. The molecular formula is C31H32Cl3N3O9. The number of hydrogen-bond acceptors (Lipinski definition) is 11. The van der Waals surface area contributed by atoms with Crippen molar-refractivity contribution in [2.45, 2.75) is 60.4 Å². The minimum atomic E-state index is -1.92. The number of benzene rings is 2. The molecule has 46 heavy (non-hydrogen) atoms. The summed E-state index contributed by atoms with van der Waals surface area (Å²) in [5.74, 6) is 0.995. The van der Waals surface area contributed by atoms with Gasteiger partial charge in [-0.05, 0) is 31.4 Å². The molecule has 0 saturated carbocycles. The predicted octanol–water partition coefficient (Wildman–Crippen LogP) is 4.44. The van der Waals surface area contributed by atoms with Gasteiger partial charge in [-0.3, -0.25) is 9.80 Å². The number of methoxy groups -OCH3 is 1. The van der Waals surface area contributed by atoms with Crippen LogP contribution in [0, 0.1) is 25.2 Å². The lowest BCUT2D eigenvalue weighted by atomic mass is 9.70. The van der Waals surface area contributed by atoms with Crippen molar-refractivity contribution < 1.29 is 43.8 Å². The summed E-state index contributed by atoms with van der Waals surface area (Å²) in [7, 11) is 1.49. The van der Waals surface area contributed by atoms with Crippen LogP contribution in [0.15, 0.2) is 18.7 Å². The molecule has 1 saturated heterocycles. The first-order valence-electron chi connectivity index (χ1n) is 14.5. The number of aromatic hydroxyl groups is 1. The van der Waals surface area contributed by atoms with Crippen molar-refractivity contribution in [3.05, 3.63) is 52.1 Å². The molecule has 0 unspecified atom stereocenters. The Bertz CT molecular complexity index is 1640. The lowest BCUT2D eigenvalue weighted by molar-refractivity contribution is -0.126. The largest absolute Gasteiger partial charge is 0.507 e. The minimum absolute atomic E-state index is 0.0867. The Kier molecular flexibility index (Phi) is 8.54. The molecule has 0 aromatic heterocycles. The number of carbonyl (C=O) groups excluding carboxylic acids is 1. The second-order valence-corrected chi connectivity index (χ2v) is 14.1. The second-order valence-electron chi connectivity index (χ2n) is 11.5. The molecule has 1 fully saturated rings. The minimum Gasteiger partial charge on any atom is -0.507 e. The van der Waals surface area contributed by atoms with Crippen LogP contribution < -0.4 is 18.9 Å². The zero-order chi connectivity index (χ0) is 33.2. The fourth-order valence-corrected chi connectivity index (χ4v) is 7.67. The quantitative estimate of drug-likeness (QED) is 0.290. The highest BCUT2D eigenvalue weighted by atomic mass is 35.6. The van der Waals surface area contributed by atoms with Crippen LogP contribution in [0.3, 0.4) is 0 Å². The van der Waals surface area contributed by atoms with E-state index in [0.717, 1.165) is 11.1 Å². The van der Waals surface area contributed by atoms with Gasteiger partial charge in [0.2, 0.25) is 10.6 Å². The standard InChI is InChI=1S/C31H32Cl3N3O9/c1-5-6-43-28-19-15(7-13(2)26(28)42-4)8-16-17(9-35)36-18(10-38)20-21(24(39)14(3)27-29(20)46-12-45-27)25(40)23(36)22(19)37(16)30(41)44-11-31(32,33)34/h5,7,16-18,22-23,25,38-40H,1,6,8,10-12H2,2-4H3/t16-,17-,18-,22+,23+,25-/m0/s1. The second kappa shape index (κ2) is 12.0. The fourth-order valence-electron chi connectivity index (χ4n) is 7.51. The molecule has 1 amide bonds. The van der Waals surface area contributed by atoms with E-state index < -0.39 is 59.4 Å². The Morgan fingerprint density at radius 3 is 2.57 bits per heavy atom. The highest BCUT2D eigenvalue weighted by molar-refractivity contribution is 6.67. The van der Waals surface area contributed by atoms with Crippen LogP contribution in [0.2, 0.25) is 0 Å². The van der Waals surface area contributed by atoms with Gasteiger partial charge in [0.05, 0.1) is 44.0 Å². The third-order valence-electron chi connectivity index (χ3n) is 9.12. The monoisotopic (exact) mass is 695 g/mol. The molecule has 4 aliphatic heterocycles. The molecule has 4 aliphatic rings. The molecule has 2 aromatic carbocycles. The summed E-state index contributed by atoms with van der Waals surface area (Å²) in [5, 5.41) is 45.5. The maximum absolute atomic E-state index is 14.0. The van der Waals surface area contributed by atoms with Gasteiger partial charge in [0.25, 0.3) is 0 Å². The van der Waals surface area contributed by atoms with Gasteiger partial charge in [-0.2, -0.15) is 5.26 Å². The van der Waals surface area contributed by atoms with Gasteiger partial charge < -0.3 is 39.0 Å². The molecule has 4 heterocycles. The molecule has 12 nitrogen and oxygen atoms in total. The van der Waals surface area contributed by atoms with E-state index in [1.54, 1.807) is 17.9 Å². The number of alkyl halides is 3. The Morgan fingerprint density at radius 2 is 1.93 bits per heavy atom. The highest BCUT2D eigenvalue weighted by Crippen LogP contribution is 2.61. The smallest absolute Gasteiger partial charge is 0.410 e. The van der Waals surface area contributed by atoms with Gasteiger partial charge in [0.1, 0.15) is 31.1 Å². The summed E-state index contributed by atoms with van der Waals surface area (Å²) in [6.07, 6.45) is -0.695. The third-order valence-corrected chi connectivity index (χ3v) is 9.44. The Morgan fingerprint density at radius 1 is 1.22 bits per heavy atom. The molecule has 6 atom stereocenters. The molecule has 246 valence electrons. The number of nitriles is 1. The van der Waals surface area contributed by atoms with E-state index >= 15 is 0 Å². The van der Waals surface area contributed by atoms with Crippen LogP contribution >= 0.6 is 34.8 Å². The van der Waals surface area contributed by atoms with Gasteiger partial charge in [-0.15, -0.1) is 0 Å². The molecule has 15 heteroatoms. The first-order valence-corrected chi connectivity index (χ1v) is 15.6. The number of piperazine rings is 1. The number of ether oxygens (including phenoxy) is 5. The van der Waals surface area contributed by atoms with E-state index in [-0.39, 0.29) is 42.6 Å². The predicted molar refractivity (Wildman–Crippen MR) is 166 cm³/mol. The number of halogens is 3. The summed E-state index contributed by atoms with van der Waals surface area (Å²) < 4.78 is 27.0. The van der Waals surface area contributed by atoms with Crippen LogP contribution in [-0.4, -0.2) is 86.9 Å². The van der Waals surface area contributed by atoms with Gasteiger partial charge in [-0.1, -0.05) is 53.5 Å². The maximum Gasteiger partial charge on any atom is 0.410 e. The van der Waals surface area contributed by atoms with Crippen molar-refractivity contribution in [1.29, 1.82) is 5.26 Å². The average Bonchev–Trinajstić information content (AvgIpc) is 3.50. The van der Waals surface area contributed by atoms with Crippen LogP contribution in [-0.2, 0) is 11.2 Å². The molecule has 0 radical (unpaired) electrons. The lowest BCUT2D eigenvalue weighted by Crippen LogP contribution is -2.71. The number of nitrogens with zero attached hydrogens (tertiary/aromatic N) is 3. The van der Waals surface area contributed by atoms with Gasteiger partial charge in [0, 0.05) is 22.3 Å². The molecule has 6 rings (SSSR count). The van der Waals surface area contributed by atoms with E-state index in [2.05, 4.69) is 12.6 Å². The maximum atomic E-state index is 14.0.